The van der Waals surface area contributed by atoms with E-state index in [1.807, 2.05) is 41.1 Å². The molecule has 0 radical (unpaired) electrons. The lowest BCUT2D eigenvalue weighted by atomic mass is 9.74. The molecule has 0 unspecified atom stereocenters. The van der Waals surface area contributed by atoms with Crippen LogP contribution in [0.25, 0.3) is 11.0 Å². The Morgan fingerprint density at radius 3 is 2.33 bits per heavy atom. The molecule has 14 heteroatoms. The molecule has 1 fully saturated rings. The Balaban J connectivity index is 0.963. The summed E-state index contributed by atoms with van der Waals surface area (Å²) in [5.74, 6) is 3.08. The van der Waals surface area contributed by atoms with Gasteiger partial charge in [-0.3, -0.25) is 14.6 Å². The normalized spacial score (nSPS) is 14.7. The Morgan fingerprint density at radius 2 is 1.65 bits per heavy atom. The van der Waals surface area contributed by atoms with E-state index in [1.54, 1.807) is 22.2 Å². The van der Waals surface area contributed by atoms with Crippen LogP contribution in [0.1, 0.15) is 34.6 Å². The van der Waals surface area contributed by atoms with E-state index in [4.69, 9.17) is 46.7 Å². The van der Waals surface area contributed by atoms with E-state index >= 15 is 0 Å². The molecule has 1 aromatic carbocycles. The number of thiophene rings is 1. The van der Waals surface area contributed by atoms with Gasteiger partial charge in [0, 0.05) is 42.8 Å². The Hall–Kier alpha value is -3.87. The number of amides is 2. The first-order valence-corrected chi connectivity index (χ1v) is 18.4. The summed E-state index contributed by atoms with van der Waals surface area (Å²) >= 11 is 7.82. The molecular formula is C37H42ClN5O7S. The van der Waals surface area contributed by atoms with Crippen molar-refractivity contribution in [3.63, 3.8) is 0 Å². The number of aromatic nitrogens is 3. The number of hydrogen-bond acceptors (Lipinski definition) is 10. The molecule has 2 amide bonds. The summed E-state index contributed by atoms with van der Waals surface area (Å²) in [6, 6.07) is 9.40. The van der Waals surface area contributed by atoms with Gasteiger partial charge in [0.2, 0.25) is 5.91 Å². The average Bonchev–Trinajstić information content (AvgIpc) is 3.83. The van der Waals surface area contributed by atoms with Crippen molar-refractivity contribution in [3.05, 3.63) is 75.5 Å². The van der Waals surface area contributed by atoms with E-state index in [1.165, 1.54) is 11.3 Å². The number of carbonyl (C=O) groups is 2. The quantitative estimate of drug-likeness (QED) is 0.0896. The minimum atomic E-state index is -0.786. The lowest BCUT2D eigenvalue weighted by Gasteiger charge is -2.46. The number of likely N-dealkylation sites (tertiary alicyclic amines) is 1. The van der Waals surface area contributed by atoms with Gasteiger partial charge in [-0.2, -0.15) is 11.3 Å². The van der Waals surface area contributed by atoms with Crippen molar-refractivity contribution < 1.29 is 33.3 Å². The Kier molecular flexibility index (Phi) is 13.1. The van der Waals surface area contributed by atoms with E-state index in [-0.39, 0.29) is 18.4 Å². The van der Waals surface area contributed by atoms with Crippen molar-refractivity contribution in [2.24, 2.45) is 0 Å². The maximum absolute atomic E-state index is 14.2. The van der Waals surface area contributed by atoms with E-state index in [2.05, 4.69) is 15.5 Å². The van der Waals surface area contributed by atoms with E-state index in [9.17, 15) is 9.59 Å². The number of pyridine rings is 1. The summed E-state index contributed by atoms with van der Waals surface area (Å²) in [4.78, 5) is 40.0. The van der Waals surface area contributed by atoms with Gasteiger partial charge < -0.3 is 38.1 Å². The van der Waals surface area contributed by atoms with E-state index in [0.29, 0.717) is 96.3 Å². The molecule has 2 aliphatic heterocycles. The number of anilines is 1. The number of aryl methyl sites for hydroxylation is 1. The minimum Gasteiger partial charge on any atom is -0.379 e. The number of fused-ring (bicyclic) bond motifs is 3. The van der Waals surface area contributed by atoms with Gasteiger partial charge >= 0.3 is 0 Å². The van der Waals surface area contributed by atoms with Crippen LogP contribution in [-0.4, -0.2) is 110 Å². The summed E-state index contributed by atoms with van der Waals surface area (Å²) in [5.41, 5.74) is 3.26. The molecule has 3 aromatic heterocycles. The number of hydrogen-bond donors (Lipinski definition) is 0. The zero-order valence-electron chi connectivity index (χ0n) is 28.5. The number of imidazole rings is 1. The molecule has 1 saturated heterocycles. The van der Waals surface area contributed by atoms with E-state index < -0.39 is 5.41 Å². The number of nitrogens with zero attached hydrogens (tertiary/aromatic N) is 5. The van der Waals surface area contributed by atoms with Crippen LogP contribution in [0, 0.1) is 12.3 Å². The highest BCUT2D eigenvalue weighted by molar-refractivity contribution is 7.08. The number of rotatable bonds is 21. The van der Waals surface area contributed by atoms with Crippen LogP contribution in [0.2, 0.25) is 5.02 Å². The third-order valence-corrected chi connectivity index (χ3v) is 9.84. The number of ether oxygens (including phenoxy) is 5. The standard InChI is InChI=1S/C37H42ClN5O7S/c1-2-11-46-13-15-48-17-19-50-20-18-49-16-14-47-12-4-3-10-42-32-6-5-29(38)22-31(32)40-34(42)24-43-33-23-39-9-7-30(33)37(36(43)45)26-41(27-37)35(44)28-8-21-51-25-28/h1,5-9,21-23,25H,3-4,10-20,24,26-27H2. The molecule has 6 rings (SSSR count). The van der Waals surface area contributed by atoms with Gasteiger partial charge in [-0.1, -0.05) is 17.5 Å². The molecule has 0 aliphatic carbocycles. The molecule has 2 aliphatic rings. The zero-order valence-corrected chi connectivity index (χ0v) is 30.0. The van der Waals surface area contributed by atoms with E-state index in [0.717, 1.165) is 41.0 Å². The maximum atomic E-state index is 14.2. The van der Waals surface area contributed by atoms with Crippen LogP contribution >= 0.6 is 22.9 Å². The zero-order chi connectivity index (χ0) is 35.5. The van der Waals surface area contributed by atoms with Crippen molar-refractivity contribution in [1.82, 2.24) is 19.4 Å². The largest absolute Gasteiger partial charge is 0.379 e. The molecule has 12 nitrogen and oxygen atoms in total. The topological polar surface area (TPSA) is 117 Å². The van der Waals surface area contributed by atoms with Crippen molar-refractivity contribution in [2.75, 3.05) is 84.1 Å². The van der Waals surface area contributed by atoms with Crippen molar-refractivity contribution in [3.8, 4) is 12.3 Å². The van der Waals surface area contributed by atoms with Crippen LogP contribution in [0.15, 0.2) is 53.5 Å². The van der Waals surface area contributed by atoms with Gasteiger partial charge in [0.05, 0.1) is 87.9 Å². The van der Waals surface area contributed by atoms with Gasteiger partial charge in [0.25, 0.3) is 5.91 Å². The van der Waals surface area contributed by atoms with Gasteiger partial charge in [-0.05, 0) is 54.1 Å². The summed E-state index contributed by atoms with van der Waals surface area (Å²) in [6.07, 6.45) is 10.3. The van der Waals surface area contributed by atoms with Crippen LogP contribution in [0.4, 0.5) is 5.69 Å². The second kappa shape index (κ2) is 18.1. The molecule has 0 atom stereocenters. The first-order valence-electron chi connectivity index (χ1n) is 17.1. The van der Waals surface area contributed by atoms with Gasteiger partial charge in [-0.25, -0.2) is 4.98 Å². The SMILES string of the molecule is C#CCOCCOCCOCCOCCOCCCCn1c(CN2C(=O)C3(CN(C(=O)c4ccsc4)C3)c3ccncc32)nc2cc(Cl)ccc21. The maximum Gasteiger partial charge on any atom is 0.254 e. The summed E-state index contributed by atoms with van der Waals surface area (Å²) < 4.78 is 29.6. The monoisotopic (exact) mass is 735 g/mol. The van der Waals surface area contributed by atoms with Crippen LogP contribution in [0.3, 0.4) is 0 Å². The first kappa shape index (κ1) is 36.9. The second-order valence-electron chi connectivity index (χ2n) is 12.3. The first-order chi connectivity index (χ1) is 25.0. The van der Waals surface area contributed by atoms with Gasteiger partial charge in [-0.15, -0.1) is 6.42 Å². The molecule has 5 heterocycles. The molecule has 0 bridgehead atoms. The second-order valence-corrected chi connectivity index (χ2v) is 13.5. The lowest BCUT2D eigenvalue weighted by Crippen LogP contribution is -2.65. The van der Waals surface area contributed by atoms with Crippen LogP contribution < -0.4 is 4.90 Å². The van der Waals surface area contributed by atoms with Crippen molar-refractivity contribution >= 4 is 51.5 Å². The minimum absolute atomic E-state index is 0.0360. The Bertz CT molecular complexity index is 1800. The van der Waals surface area contributed by atoms with Crippen molar-refractivity contribution in [1.29, 1.82) is 0 Å². The highest BCUT2D eigenvalue weighted by Crippen LogP contribution is 2.48. The summed E-state index contributed by atoms with van der Waals surface area (Å²) in [5, 5.41) is 4.33. The van der Waals surface area contributed by atoms with Crippen LogP contribution in [0.5, 0.6) is 0 Å². The Labute approximate surface area is 306 Å². The molecule has 4 aromatic rings. The van der Waals surface area contributed by atoms with Crippen molar-refractivity contribution in [2.45, 2.75) is 31.3 Å². The highest BCUT2D eigenvalue weighted by Gasteiger charge is 2.59. The highest BCUT2D eigenvalue weighted by atomic mass is 35.5. The fourth-order valence-corrected chi connectivity index (χ4v) is 7.21. The van der Waals surface area contributed by atoms with Gasteiger partial charge in [0.15, 0.2) is 0 Å². The molecule has 1 spiro atoms. The fraction of sp³-hybridized carbons (Fsp3) is 0.459. The predicted molar refractivity (Wildman–Crippen MR) is 194 cm³/mol. The fourth-order valence-electron chi connectivity index (χ4n) is 6.42. The number of unbranched alkanes of at least 4 members (excludes halogenated alkanes) is 1. The molecule has 0 N–H and O–H groups in total. The molecule has 270 valence electrons. The number of terminal acetylenes is 1. The predicted octanol–water partition coefficient (Wildman–Crippen LogP) is 4.58. The lowest BCUT2D eigenvalue weighted by molar-refractivity contribution is -0.128. The number of benzene rings is 1. The number of carbonyl (C=O) groups excluding carboxylic acids is 2. The average molecular weight is 736 g/mol. The summed E-state index contributed by atoms with van der Waals surface area (Å²) in [6.45, 7) is 6.45. The Morgan fingerprint density at radius 1 is 0.941 bits per heavy atom. The number of halogens is 1. The third kappa shape index (κ3) is 8.78. The summed E-state index contributed by atoms with van der Waals surface area (Å²) in [7, 11) is 0. The molecule has 0 saturated carbocycles. The van der Waals surface area contributed by atoms with Crippen LogP contribution in [-0.2, 0) is 47.0 Å². The third-order valence-electron chi connectivity index (χ3n) is 8.92. The molecule has 51 heavy (non-hydrogen) atoms. The molecular weight excluding hydrogens is 694 g/mol. The smallest absolute Gasteiger partial charge is 0.254 e. The van der Waals surface area contributed by atoms with Gasteiger partial charge in [0.1, 0.15) is 17.8 Å².